The minimum atomic E-state index is -0.325. The molecule has 0 aliphatic heterocycles. The van der Waals surface area contributed by atoms with E-state index in [2.05, 4.69) is 17.2 Å². The van der Waals surface area contributed by atoms with Crippen molar-refractivity contribution >= 4 is 0 Å². The summed E-state index contributed by atoms with van der Waals surface area (Å²) >= 11 is 0. The number of aromatic nitrogens is 2. The Labute approximate surface area is 124 Å². The molecular weight excluding hydrogens is 269 g/mol. The van der Waals surface area contributed by atoms with Crippen LogP contribution in [0.3, 0.4) is 0 Å². The van der Waals surface area contributed by atoms with Crippen LogP contribution in [0.15, 0.2) is 36.9 Å². The minimum Gasteiger partial charge on any atom is -0.394 e. The lowest BCUT2D eigenvalue weighted by Gasteiger charge is -2.28. The van der Waals surface area contributed by atoms with Gasteiger partial charge in [0.1, 0.15) is 5.82 Å². The molecule has 1 aromatic carbocycles. The number of nitrogens with one attached hydrogen (secondary N) is 1. The number of imidazole rings is 1. The molecule has 0 spiro atoms. The summed E-state index contributed by atoms with van der Waals surface area (Å²) < 4.78 is 15.8. The summed E-state index contributed by atoms with van der Waals surface area (Å²) in [7, 11) is 0. The Morgan fingerprint density at radius 1 is 1.43 bits per heavy atom. The Bertz CT molecular complexity index is 571. The molecule has 0 unspecified atom stereocenters. The van der Waals surface area contributed by atoms with Crippen molar-refractivity contribution < 1.29 is 9.50 Å². The lowest BCUT2D eigenvalue weighted by atomic mass is 9.97. The molecule has 5 heteroatoms. The summed E-state index contributed by atoms with van der Waals surface area (Å²) in [5, 5.41) is 12.8. The fourth-order valence-electron chi connectivity index (χ4n) is 2.36. The Hall–Kier alpha value is -1.72. The van der Waals surface area contributed by atoms with Gasteiger partial charge in [0.15, 0.2) is 0 Å². The highest BCUT2D eigenvalue weighted by Crippen LogP contribution is 2.17. The molecule has 1 aromatic heterocycles. The highest BCUT2D eigenvalue weighted by Gasteiger charge is 2.21. The van der Waals surface area contributed by atoms with Crippen LogP contribution in [0.2, 0.25) is 0 Å². The Morgan fingerprint density at radius 3 is 2.81 bits per heavy atom. The third kappa shape index (κ3) is 3.89. The molecule has 0 radical (unpaired) electrons. The molecule has 114 valence electrons. The molecule has 1 atom stereocenters. The van der Waals surface area contributed by atoms with Gasteiger partial charge < -0.3 is 15.0 Å². The van der Waals surface area contributed by atoms with Crippen molar-refractivity contribution in [1.82, 2.24) is 14.9 Å². The predicted molar refractivity (Wildman–Crippen MR) is 80.8 cm³/mol. The van der Waals surface area contributed by atoms with Crippen molar-refractivity contribution in [3.8, 4) is 5.69 Å². The van der Waals surface area contributed by atoms with Gasteiger partial charge in [-0.15, -0.1) is 0 Å². The molecule has 2 aromatic rings. The van der Waals surface area contributed by atoms with Crippen molar-refractivity contribution in [3.63, 3.8) is 0 Å². The zero-order valence-electron chi connectivity index (χ0n) is 12.5. The molecule has 0 aliphatic rings. The molecule has 0 aliphatic carbocycles. The van der Waals surface area contributed by atoms with Crippen LogP contribution in [0.25, 0.3) is 5.69 Å². The third-order valence-electron chi connectivity index (χ3n) is 3.66. The van der Waals surface area contributed by atoms with Gasteiger partial charge in [-0.3, -0.25) is 0 Å². The van der Waals surface area contributed by atoms with Crippen LogP contribution in [0.4, 0.5) is 4.39 Å². The number of benzene rings is 1. The number of hydrogen-bond donors (Lipinski definition) is 2. The number of nitrogens with zero attached hydrogens (tertiary/aromatic N) is 2. The Kier molecular flexibility index (Phi) is 5.09. The molecule has 0 saturated heterocycles. The van der Waals surface area contributed by atoms with Crippen LogP contribution in [0.5, 0.6) is 0 Å². The maximum absolute atomic E-state index is 14.1. The predicted octanol–water partition coefficient (Wildman–Crippen LogP) is 2.65. The maximum atomic E-state index is 14.1. The second-order valence-corrected chi connectivity index (χ2v) is 5.58. The van der Waals surface area contributed by atoms with Crippen molar-refractivity contribution in [2.24, 2.45) is 0 Å². The van der Waals surface area contributed by atoms with Crippen molar-refractivity contribution in [2.45, 2.75) is 38.8 Å². The fraction of sp³-hybridized carbons (Fsp3) is 0.438. The number of hydrogen-bond acceptors (Lipinski definition) is 3. The van der Waals surface area contributed by atoms with Gasteiger partial charge in [-0.05, 0) is 31.0 Å². The molecule has 2 rings (SSSR count). The fourth-order valence-corrected chi connectivity index (χ4v) is 2.36. The van der Waals surface area contributed by atoms with Crippen molar-refractivity contribution in [3.05, 3.63) is 48.3 Å². The molecule has 0 fully saturated rings. The molecule has 4 nitrogen and oxygen atoms in total. The van der Waals surface area contributed by atoms with E-state index in [0.29, 0.717) is 12.2 Å². The number of halogens is 1. The first-order valence-corrected chi connectivity index (χ1v) is 7.20. The van der Waals surface area contributed by atoms with Gasteiger partial charge in [0.2, 0.25) is 0 Å². The van der Waals surface area contributed by atoms with E-state index in [1.165, 1.54) is 6.07 Å². The van der Waals surface area contributed by atoms with Crippen molar-refractivity contribution in [2.75, 3.05) is 6.61 Å². The third-order valence-corrected chi connectivity index (χ3v) is 3.66. The molecule has 0 saturated carbocycles. The lowest BCUT2D eigenvalue weighted by Crippen LogP contribution is -2.45. The van der Waals surface area contributed by atoms with E-state index in [0.717, 1.165) is 18.4 Å². The van der Waals surface area contributed by atoms with E-state index in [4.69, 9.17) is 0 Å². The zero-order valence-corrected chi connectivity index (χ0v) is 12.5. The molecule has 0 amide bonds. The van der Waals surface area contributed by atoms with Crippen LogP contribution in [0, 0.1) is 5.82 Å². The summed E-state index contributed by atoms with van der Waals surface area (Å²) in [4.78, 5) is 3.92. The average molecular weight is 291 g/mol. The first-order valence-electron chi connectivity index (χ1n) is 7.20. The summed E-state index contributed by atoms with van der Waals surface area (Å²) in [6, 6.07) is 5.14. The van der Waals surface area contributed by atoms with Gasteiger partial charge in [-0.2, -0.15) is 0 Å². The van der Waals surface area contributed by atoms with E-state index < -0.39 is 0 Å². The Balaban J connectivity index is 2.07. The first kappa shape index (κ1) is 15.7. The topological polar surface area (TPSA) is 50.1 Å². The van der Waals surface area contributed by atoms with Gasteiger partial charge in [0, 0.05) is 24.5 Å². The lowest BCUT2D eigenvalue weighted by molar-refractivity contribution is 0.163. The van der Waals surface area contributed by atoms with Gasteiger partial charge in [-0.1, -0.05) is 19.4 Å². The van der Waals surface area contributed by atoms with E-state index in [9.17, 15) is 9.50 Å². The molecular formula is C16H22FN3O. The summed E-state index contributed by atoms with van der Waals surface area (Å²) in [6.45, 7) is 4.65. The quantitative estimate of drug-likeness (QED) is 0.824. The first-order chi connectivity index (χ1) is 10.1. The van der Waals surface area contributed by atoms with Gasteiger partial charge in [0.05, 0.1) is 18.6 Å². The molecule has 21 heavy (non-hydrogen) atoms. The van der Waals surface area contributed by atoms with Gasteiger partial charge in [-0.25, -0.2) is 9.37 Å². The van der Waals surface area contributed by atoms with Crippen molar-refractivity contribution in [1.29, 1.82) is 0 Å². The number of aliphatic hydroxyl groups is 1. The summed E-state index contributed by atoms with van der Waals surface area (Å²) in [5.74, 6) is -0.284. The van der Waals surface area contributed by atoms with Crippen LogP contribution >= 0.6 is 0 Å². The maximum Gasteiger partial charge on any atom is 0.147 e. The van der Waals surface area contributed by atoms with Crippen LogP contribution in [-0.4, -0.2) is 26.8 Å². The highest BCUT2D eigenvalue weighted by molar-refractivity contribution is 5.36. The highest BCUT2D eigenvalue weighted by atomic mass is 19.1. The smallest absolute Gasteiger partial charge is 0.147 e. The normalized spacial score (nSPS) is 14.1. The van der Waals surface area contributed by atoms with Gasteiger partial charge in [0.25, 0.3) is 0 Å². The van der Waals surface area contributed by atoms with E-state index >= 15 is 0 Å². The summed E-state index contributed by atoms with van der Waals surface area (Å²) in [6.07, 6.45) is 6.75. The SMILES string of the molecule is CCC[C@@](C)(CO)NCc1ccc(-n2ccnc2)c(F)c1. The largest absolute Gasteiger partial charge is 0.394 e. The summed E-state index contributed by atoms with van der Waals surface area (Å²) in [5.41, 5.74) is 1.01. The second kappa shape index (κ2) is 6.83. The Morgan fingerprint density at radius 2 is 2.24 bits per heavy atom. The van der Waals surface area contributed by atoms with Crippen LogP contribution < -0.4 is 5.32 Å². The molecule has 2 N–H and O–H groups in total. The zero-order chi connectivity index (χ0) is 15.3. The monoisotopic (exact) mass is 291 g/mol. The van der Waals surface area contributed by atoms with E-state index in [-0.39, 0.29) is 18.0 Å². The number of rotatable bonds is 7. The van der Waals surface area contributed by atoms with Crippen LogP contribution in [0.1, 0.15) is 32.3 Å². The molecule has 0 bridgehead atoms. The van der Waals surface area contributed by atoms with Gasteiger partial charge >= 0.3 is 0 Å². The minimum absolute atomic E-state index is 0.0659. The average Bonchev–Trinajstić information content (AvgIpc) is 2.99. The van der Waals surface area contributed by atoms with Crippen LogP contribution in [-0.2, 0) is 6.54 Å². The standard InChI is InChI=1S/C16H22FN3O/c1-3-6-16(2,11-21)19-10-13-4-5-15(14(17)9-13)20-8-7-18-12-20/h4-5,7-9,12,19,21H,3,6,10-11H2,1-2H3/t16-/m0/s1. The second-order valence-electron chi connectivity index (χ2n) is 5.58. The molecule has 1 heterocycles. The van der Waals surface area contributed by atoms with E-state index in [1.54, 1.807) is 29.4 Å². The number of aliphatic hydroxyl groups excluding tert-OH is 1. The van der Waals surface area contributed by atoms with E-state index in [1.807, 2.05) is 13.0 Å².